The molecule has 8 heteroatoms. The molecule has 3 aromatic heterocycles. The van der Waals surface area contributed by atoms with E-state index in [1.165, 1.54) is 11.3 Å². The molecule has 0 fully saturated rings. The number of fused-ring (bicyclic) bond motifs is 1. The Morgan fingerprint density at radius 3 is 2.89 bits per heavy atom. The molecule has 0 amide bonds. The van der Waals surface area contributed by atoms with Crippen LogP contribution in [0.25, 0.3) is 16.0 Å². The van der Waals surface area contributed by atoms with Crippen LogP contribution in [0.1, 0.15) is 24.1 Å². The number of hydrogen-bond donors (Lipinski definition) is 2. The van der Waals surface area contributed by atoms with Gasteiger partial charge in [0, 0.05) is 25.7 Å². The molecule has 0 saturated carbocycles. The van der Waals surface area contributed by atoms with Gasteiger partial charge in [-0.15, -0.1) is 0 Å². The van der Waals surface area contributed by atoms with Crippen molar-refractivity contribution >= 4 is 27.2 Å². The van der Waals surface area contributed by atoms with Crippen LogP contribution in [0.5, 0.6) is 0 Å². The number of aromatic amines is 1. The first kappa shape index (κ1) is 18.4. The molecule has 4 aromatic rings. The van der Waals surface area contributed by atoms with Gasteiger partial charge >= 0.3 is 4.87 Å². The number of H-pyrrole nitrogens is 1. The molecule has 1 atom stereocenters. The molecular formula is C20H21N5O2S. The van der Waals surface area contributed by atoms with Crippen LogP contribution in [0.4, 0.5) is 5.69 Å². The minimum absolute atomic E-state index is 0.0387. The number of thiazole rings is 1. The molecule has 0 aliphatic rings. The van der Waals surface area contributed by atoms with E-state index < -0.39 is 0 Å². The summed E-state index contributed by atoms with van der Waals surface area (Å²) in [6, 6.07) is 11.9. The lowest BCUT2D eigenvalue weighted by Gasteiger charge is -2.17. The zero-order valence-corrected chi connectivity index (χ0v) is 16.5. The molecule has 1 aromatic carbocycles. The largest absolute Gasteiger partial charge is 0.395 e. The molecule has 4 rings (SSSR count). The monoisotopic (exact) mass is 395 g/mol. The highest BCUT2D eigenvalue weighted by atomic mass is 32.1. The molecule has 28 heavy (non-hydrogen) atoms. The highest BCUT2D eigenvalue weighted by Gasteiger charge is 2.14. The summed E-state index contributed by atoms with van der Waals surface area (Å²) in [4.78, 5) is 20.7. The van der Waals surface area contributed by atoms with Crippen LogP contribution in [-0.2, 0) is 0 Å². The number of aromatic nitrogens is 4. The van der Waals surface area contributed by atoms with Gasteiger partial charge in [-0.3, -0.25) is 4.79 Å². The van der Waals surface area contributed by atoms with Crippen LogP contribution in [0, 0.1) is 0 Å². The van der Waals surface area contributed by atoms with Gasteiger partial charge in [-0.25, -0.2) is 9.67 Å². The third kappa shape index (κ3) is 3.56. The second kappa shape index (κ2) is 7.57. The van der Waals surface area contributed by atoms with Gasteiger partial charge < -0.3 is 15.0 Å². The molecular weight excluding hydrogens is 374 g/mol. The van der Waals surface area contributed by atoms with E-state index in [1.807, 2.05) is 54.5 Å². The average Bonchev–Trinajstić information content (AvgIpc) is 3.33. The maximum Gasteiger partial charge on any atom is 0.305 e. The predicted molar refractivity (Wildman–Crippen MR) is 112 cm³/mol. The maximum atomic E-state index is 11.5. The van der Waals surface area contributed by atoms with Crippen LogP contribution in [0.3, 0.4) is 0 Å². The van der Waals surface area contributed by atoms with E-state index in [0.29, 0.717) is 6.54 Å². The Labute approximate surface area is 165 Å². The zero-order valence-electron chi connectivity index (χ0n) is 15.7. The first-order chi connectivity index (χ1) is 13.5. The van der Waals surface area contributed by atoms with Crippen molar-refractivity contribution < 1.29 is 5.11 Å². The highest BCUT2D eigenvalue weighted by Crippen LogP contribution is 2.27. The molecule has 7 nitrogen and oxygen atoms in total. The lowest BCUT2D eigenvalue weighted by Crippen LogP contribution is -2.21. The Bertz CT molecular complexity index is 1150. The number of hydrogen-bond acceptors (Lipinski definition) is 6. The first-order valence-corrected chi connectivity index (χ1v) is 9.83. The van der Waals surface area contributed by atoms with E-state index in [4.69, 9.17) is 5.11 Å². The van der Waals surface area contributed by atoms with Gasteiger partial charge in [0.15, 0.2) is 5.82 Å². The molecule has 0 aliphatic carbocycles. The molecule has 0 aliphatic heterocycles. The molecule has 0 radical (unpaired) electrons. The minimum atomic E-state index is -0.0387. The Morgan fingerprint density at radius 2 is 2.14 bits per heavy atom. The highest BCUT2D eigenvalue weighted by molar-refractivity contribution is 7.16. The zero-order chi connectivity index (χ0) is 19.7. The summed E-state index contributed by atoms with van der Waals surface area (Å²) < 4.78 is 2.72. The van der Waals surface area contributed by atoms with Gasteiger partial charge in [-0.2, -0.15) is 5.10 Å². The number of nitrogens with one attached hydrogen (secondary N) is 1. The molecule has 3 heterocycles. The topological polar surface area (TPSA) is 87.0 Å². The number of aliphatic hydroxyl groups excluding tert-OH is 1. The lowest BCUT2D eigenvalue weighted by atomic mass is 9.98. The Balaban J connectivity index is 1.56. The number of aliphatic hydroxyl groups is 1. The van der Waals surface area contributed by atoms with E-state index in [9.17, 15) is 4.79 Å². The summed E-state index contributed by atoms with van der Waals surface area (Å²) in [6.45, 7) is 2.76. The van der Waals surface area contributed by atoms with Gasteiger partial charge in [0.2, 0.25) is 0 Å². The minimum Gasteiger partial charge on any atom is -0.395 e. The second-order valence-electron chi connectivity index (χ2n) is 6.70. The van der Waals surface area contributed by atoms with E-state index in [-0.39, 0.29) is 17.4 Å². The van der Waals surface area contributed by atoms with Crippen LogP contribution >= 0.6 is 11.3 Å². The summed E-state index contributed by atoms with van der Waals surface area (Å²) in [5, 5.41) is 13.7. The molecule has 0 spiro atoms. The van der Waals surface area contributed by atoms with Crippen molar-refractivity contribution in [1.29, 1.82) is 0 Å². The Kier molecular flexibility index (Phi) is 4.97. The normalized spacial score (nSPS) is 12.4. The fourth-order valence-corrected chi connectivity index (χ4v) is 3.90. The third-order valence-corrected chi connectivity index (χ3v) is 5.69. The molecule has 0 saturated heterocycles. The second-order valence-corrected chi connectivity index (χ2v) is 7.71. The van der Waals surface area contributed by atoms with Crippen molar-refractivity contribution in [3.05, 3.63) is 69.7 Å². The maximum absolute atomic E-state index is 11.5. The van der Waals surface area contributed by atoms with E-state index >= 15 is 0 Å². The number of nitrogens with zero attached hydrogens (tertiary/aromatic N) is 4. The van der Waals surface area contributed by atoms with Crippen LogP contribution in [-0.4, -0.2) is 45.1 Å². The van der Waals surface area contributed by atoms with Crippen molar-refractivity contribution in [3.8, 4) is 5.82 Å². The Hall–Kier alpha value is -2.97. The summed E-state index contributed by atoms with van der Waals surface area (Å²) in [6.07, 6.45) is 3.68. The lowest BCUT2D eigenvalue weighted by molar-refractivity contribution is 0.304. The molecule has 0 bridgehead atoms. The van der Waals surface area contributed by atoms with Crippen molar-refractivity contribution in [2.45, 2.75) is 12.8 Å². The first-order valence-electron chi connectivity index (χ1n) is 9.02. The van der Waals surface area contributed by atoms with Crippen LogP contribution < -0.4 is 9.77 Å². The third-order valence-electron chi connectivity index (χ3n) is 4.84. The van der Waals surface area contributed by atoms with Crippen molar-refractivity contribution in [3.63, 3.8) is 0 Å². The number of anilines is 1. The molecule has 2 N–H and O–H groups in total. The van der Waals surface area contributed by atoms with Gasteiger partial charge in [0.25, 0.3) is 0 Å². The van der Waals surface area contributed by atoms with Gasteiger partial charge in [-0.1, -0.05) is 24.3 Å². The average molecular weight is 395 g/mol. The SMILES string of the molecule is CC(c1ccc2[nH]c(=O)sc2c1)c1ccn(-c2ccc(N(C)CCO)cn2)n1. The van der Waals surface area contributed by atoms with E-state index in [0.717, 1.165) is 33.0 Å². The van der Waals surface area contributed by atoms with E-state index in [1.54, 1.807) is 10.9 Å². The van der Waals surface area contributed by atoms with Crippen molar-refractivity contribution in [2.75, 3.05) is 25.1 Å². The smallest absolute Gasteiger partial charge is 0.305 e. The number of benzene rings is 1. The van der Waals surface area contributed by atoms with Crippen molar-refractivity contribution in [2.24, 2.45) is 0 Å². The summed E-state index contributed by atoms with van der Waals surface area (Å²) in [5.41, 5.74) is 3.86. The number of rotatable bonds is 6. The number of pyridine rings is 1. The summed E-state index contributed by atoms with van der Waals surface area (Å²) in [7, 11) is 1.92. The standard InChI is InChI=1S/C20H21N5O2S/c1-13(14-3-5-17-18(11-14)28-20(27)22-17)16-7-8-25(23-16)19-6-4-15(12-21-19)24(2)9-10-26/h3-8,11-13,26H,9-10H2,1-2H3,(H,22,27). The van der Waals surface area contributed by atoms with Crippen LogP contribution in [0.15, 0.2) is 53.6 Å². The van der Waals surface area contributed by atoms with Gasteiger partial charge in [-0.05, 0) is 35.9 Å². The fraction of sp³-hybridized carbons (Fsp3) is 0.250. The van der Waals surface area contributed by atoms with Gasteiger partial charge in [0.05, 0.1) is 34.4 Å². The summed E-state index contributed by atoms with van der Waals surface area (Å²) >= 11 is 1.22. The van der Waals surface area contributed by atoms with Crippen LogP contribution in [0.2, 0.25) is 0 Å². The van der Waals surface area contributed by atoms with E-state index in [2.05, 4.69) is 22.0 Å². The quantitative estimate of drug-likeness (QED) is 0.524. The molecule has 1 unspecified atom stereocenters. The van der Waals surface area contributed by atoms with Crippen molar-refractivity contribution in [1.82, 2.24) is 19.7 Å². The fourth-order valence-electron chi connectivity index (χ4n) is 3.12. The van der Waals surface area contributed by atoms with Gasteiger partial charge in [0.1, 0.15) is 0 Å². The summed E-state index contributed by atoms with van der Waals surface area (Å²) in [5.74, 6) is 0.830. The predicted octanol–water partition coefficient (Wildman–Crippen LogP) is 2.75. The Morgan fingerprint density at radius 1 is 1.29 bits per heavy atom. The number of likely N-dealkylation sites (N-methyl/N-ethyl adjacent to an activating group) is 1. The molecule has 144 valence electrons.